The van der Waals surface area contributed by atoms with Crippen molar-refractivity contribution in [3.8, 4) is 0 Å². The van der Waals surface area contributed by atoms with Crippen LogP contribution < -0.4 is 0 Å². The van der Waals surface area contributed by atoms with Crippen molar-refractivity contribution in [1.82, 2.24) is 19.8 Å². The topological polar surface area (TPSA) is 35.2 Å². The van der Waals surface area contributed by atoms with E-state index in [1.165, 1.54) is 43.4 Å². The Morgan fingerprint density at radius 2 is 1.92 bits per heavy atom. The SMILES string of the molecule is CCN(CC)[C@H](C)c1cccc2[nH]c(CCN3CCCCC3)nc12. The number of likely N-dealkylation sites (tertiary alicyclic amines) is 1. The number of hydrogen-bond acceptors (Lipinski definition) is 3. The third-order valence-corrected chi connectivity index (χ3v) is 5.52. The second-order valence-electron chi connectivity index (χ2n) is 6.98. The van der Waals surface area contributed by atoms with Gasteiger partial charge in [-0.15, -0.1) is 0 Å². The number of fused-ring (bicyclic) bond motifs is 1. The summed E-state index contributed by atoms with van der Waals surface area (Å²) in [5.41, 5.74) is 3.68. The van der Waals surface area contributed by atoms with Crippen molar-refractivity contribution in [2.45, 2.75) is 52.5 Å². The minimum atomic E-state index is 0.405. The Balaban J connectivity index is 1.76. The molecule has 2 heterocycles. The lowest BCUT2D eigenvalue weighted by atomic mass is 10.1. The molecule has 1 saturated heterocycles. The molecule has 0 bridgehead atoms. The number of hydrogen-bond donors (Lipinski definition) is 1. The summed E-state index contributed by atoms with van der Waals surface area (Å²) in [7, 11) is 0. The zero-order chi connectivity index (χ0) is 16.9. The Bertz CT molecular complexity index is 638. The molecule has 1 aliphatic rings. The van der Waals surface area contributed by atoms with Gasteiger partial charge in [-0.1, -0.05) is 32.4 Å². The molecule has 0 radical (unpaired) electrons. The van der Waals surface area contributed by atoms with Crippen LogP contribution >= 0.6 is 0 Å². The molecule has 1 N–H and O–H groups in total. The van der Waals surface area contributed by atoms with Crippen LogP contribution in [0.15, 0.2) is 18.2 Å². The van der Waals surface area contributed by atoms with E-state index in [1.807, 2.05) is 0 Å². The van der Waals surface area contributed by atoms with Crippen molar-refractivity contribution in [2.24, 2.45) is 0 Å². The first kappa shape index (κ1) is 17.4. The Morgan fingerprint density at radius 1 is 1.17 bits per heavy atom. The van der Waals surface area contributed by atoms with E-state index in [4.69, 9.17) is 4.98 Å². The highest BCUT2D eigenvalue weighted by Crippen LogP contribution is 2.26. The minimum Gasteiger partial charge on any atom is -0.342 e. The van der Waals surface area contributed by atoms with Crippen molar-refractivity contribution in [2.75, 3.05) is 32.7 Å². The maximum absolute atomic E-state index is 4.96. The van der Waals surface area contributed by atoms with Gasteiger partial charge in [-0.3, -0.25) is 4.90 Å². The summed E-state index contributed by atoms with van der Waals surface area (Å²) in [4.78, 5) is 13.6. The molecule has 24 heavy (non-hydrogen) atoms. The van der Waals surface area contributed by atoms with Crippen LogP contribution in [0.4, 0.5) is 0 Å². The standard InChI is InChI=1S/C20H32N4/c1-4-24(5-2)16(3)17-10-9-11-18-20(17)22-19(21-18)12-15-23-13-7-6-8-14-23/h9-11,16H,4-8,12-15H2,1-3H3,(H,21,22)/t16-/m1/s1. The summed E-state index contributed by atoms with van der Waals surface area (Å²) in [6, 6.07) is 6.96. The molecule has 0 amide bonds. The Kier molecular flexibility index (Phi) is 5.90. The largest absolute Gasteiger partial charge is 0.342 e. The van der Waals surface area contributed by atoms with Gasteiger partial charge in [-0.2, -0.15) is 0 Å². The molecule has 0 saturated carbocycles. The summed E-state index contributed by atoms with van der Waals surface area (Å²) < 4.78 is 0. The molecule has 1 fully saturated rings. The predicted octanol–water partition coefficient (Wildman–Crippen LogP) is 3.99. The number of nitrogens with zero attached hydrogens (tertiary/aromatic N) is 3. The second-order valence-corrected chi connectivity index (χ2v) is 6.98. The molecule has 0 spiro atoms. The van der Waals surface area contributed by atoms with E-state index in [-0.39, 0.29) is 0 Å². The molecular weight excluding hydrogens is 296 g/mol. The predicted molar refractivity (Wildman–Crippen MR) is 101 cm³/mol. The van der Waals surface area contributed by atoms with E-state index in [0.717, 1.165) is 37.4 Å². The minimum absolute atomic E-state index is 0.405. The Hall–Kier alpha value is -1.39. The first-order chi connectivity index (χ1) is 11.7. The third kappa shape index (κ3) is 3.81. The van der Waals surface area contributed by atoms with Crippen LogP contribution in [0.5, 0.6) is 0 Å². The lowest BCUT2D eigenvalue weighted by molar-refractivity contribution is 0.230. The molecule has 132 valence electrons. The fourth-order valence-electron chi connectivity index (χ4n) is 3.98. The Labute approximate surface area is 146 Å². The van der Waals surface area contributed by atoms with Gasteiger partial charge >= 0.3 is 0 Å². The molecule has 1 atom stereocenters. The van der Waals surface area contributed by atoms with Crippen LogP contribution in [0.1, 0.15) is 57.5 Å². The van der Waals surface area contributed by atoms with Gasteiger partial charge in [0, 0.05) is 19.0 Å². The highest BCUT2D eigenvalue weighted by atomic mass is 15.1. The van der Waals surface area contributed by atoms with E-state index in [0.29, 0.717) is 6.04 Å². The van der Waals surface area contributed by atoms with Gasteiger partial charge in [-0.05, 0) is 57.6 Å². The summed E-state index contributed by atoms with van der Waals surface area (Å²) >= 11 is 0. The van der Waals surface area contributed by atoms with E-state index >= 15 is 0 Å². The highest BCUT2D eigenvalue weighted by molar-refractivity contribution is 5.79. The molecule has 0 aliphatic carbocycles. The molecule has 4 heteroatoms. The van der Waals surface area contributed by atoms with Gasteiger partial charge < -0.3 is 9.88 Å². The summed E-state index contributed by atoms with van der Waals surface area (Å²) in [5.74, 6) is 1.13. The second kappa shape index (κ2) is 8.13. The number of H-pyrrole nitrogens is 1. The van der Waals surface area contributed by atoms with Crippen molar-refractivity contribution < 1.29 is 0 Å². The number of piperidine rings is 1. The lowest BCUT2D eigenvalue weighted by Gasteiger charge is -2.26. The van der Waals surface area contributed by atoms with Crippen molar-refractivity contribution in [1.29, 1.82) is 0 Å². The number of para-hydroxylation sites is 1. The molecule has 1 aromatic carbocycles. The molecule has 1 aliphatic heterocycles. The molecule has 1 aromatic heterocycles. The van der Waals surface area contributed by atoms with Crippen LogP contribution in [0.3, 0.4) is 0 Å². The molecular formula is C20H32N4. The Morgan fingerprint density at radius 3 is 2.62 bits per heavy atom. The zero-order valence-corrected chi connectivity index (χ0v) is 15.5. The van der Waals surface area contributed by atoms with Crippen LogP contribution in [0.2, 0.25) is 0 Å². The number of aromatic amines is 1. The normalized spacial score (nSPS) is 17.7. The summed E-state index contributed by atoms with van der Waals surface area (Å²) in [6.07, 6.45) is 5.12. The average Bonchev–Trinajstić information content (AvgIpc) is 3.04. The number of rotatable bonds is 7. The van der Waals surface area contributed by atoms with Crippen molar-refractivity contribution in [3.05, 3.63) is 29.6 Å². The zero-order valence-electron chi connectivity index (χ0n) is 15.5. The van der Waals surface area contributed by atoms with Crippen LogP contribution in [0, 0.1) is 0 Å². The summed E-state index contributed by atoms with van der Waals surface area (Å²) in [6.45, 7) is 12.5. The van der Waals surface area contributed by atoms with Gasteiger partial charge in [0.1, 0.15) is 5.82 Å². The summed E-state index contributed by atoms with van der Waals surface area (Å²) in [5, 5.41) is 0. The first-order valence-corrected chi connectivity index (χ1v) is 9.66. The number of nitrogens with one attached hydrogen (secondary N) is 1. The average molecular weight is 329 g/mol. The maximum Gasteiger partial charge on any atom is 0.108 e. The van der Waals surface area contributed by atoms with Crippen LogP contribution in [0.25, 0.3) is 11.0 Å². The van der Waals surface area contributed by atoms with E-state index in [2.05, 4.69) is 53.8 Å². The fraction of sp³-hybridized carbons (Fsp3) is 0.650. The monoisotopic (exact) mass is 328 g/mol. The lowest BCUT2D eigenvalue weighted by Crippen LogP contribution is -2.31. The van der Waals surface area contributed by atoms with Gasteiger partial charge in [-0.25, -0.2) is 4.98 Å². The number of imidazole rings is 1. The number of aromatic nitrogens is 2. The van der Waals surface area contributed by atoms with E-state index in [9.17, 15) is 0 Å². The number of benzene rings is 1. The fourth-order valence-corrected chi connectivity index (χ4v) is 3.98. The molecule has 0 unspecified atom stereocenters. The third-order valence-electron chi connectivity index (χ3n) is 5.52. The smallest absolute Gasteiger partial charge is 0.108 e. The van der Waals surface area contributed by atoms with Crippen LogP contribution in [-0.2, 0) is 6.42 Å². The van der Waals surface area contributed by atoms with Crippen LogP contribution in [-0.4, -0.2) is 52.5 Å². The van der Waals surface area contributed by atoms with Crippen molar-refractivity contribution >= 4 is 11.0 Å². The van der Waals surface area contributed by atoms with Gasteiger partial charge in [0.25, 0.3) is 0 Å². The quantitative estimate of drug-likeness (QED) is 0.834. The highest BCUT2D eigenvalue weighted by Gasteiger charge is 2.17. The van der Waals surface area contributed by atoms with Gasteiger partial charge in [0.05, 0.1) is 11.0 Å². The van der Waals surface area contributed by atoms with E-state index in [1.54, 1.807) is 0 Å². The van der Waals surface area contributed by atoms with Crippen molar-refractivity contribution in [3.63, 3.8) is 0 Å². The van der Waals surface area contributed by atoms with Gasteiger partial charge in [0.15, 0.2) is 0 Å². The molecule has 4 nitrogen and oxygen atoms in total. The van der Waals surface area contributed by atoms with E-state index < -0.39 is 0 Å². The molecule has 3 rings (SSSR count). The molecule has 2 aromatic rings. The first-order valence-electron chi connectivity index (χ1n) is 9.66. The van der Waals surface area contributed by atoms with Gasteiger partial charge in [0.2, 0.25) is 0 Å². The maximum atomic E-state index is 4.96.